The van der Waals surface area contributed by atoms with Gasteiger partial charge in [0.15, 0.2) is 0 Å². The molecule has 2 aromatic rings. The summed E-state index contributed by atoms with van der Waals surface area (Å²) in [5, 5.41) is 25.6. The molecular formula is C17H19N3O4. The fraction of sp³-hybridized carbons (Fsp3) is 0.235. The molecule has 7 heteroatoms. The quantitative estimate of drug-likeness (QED) is 0.559. The van der Waals surface area contributed by atoms with E-state index in [1.165, 1.54) is 12.1 Å². The Morgan fingerprint density at radius 2 is 1.92 bits per heavy atom. The molecule has 0 heterocycles. The Morgan fingerprint density at radius 1 is 1.21 bits per heavy atom. The minimum Gasteiger partial charge on any atom is -0.394 e. The van der Waals surface area contributed by atoms with Crippen LogP contribution in [0.3, 0.4) is 0 Å². The van der Waals surface area contributed by atoms with E-state index in [2.05, 4.69) is 10.6 Å². The molecule has 1 unspecified atom stereocenters. The fourth-order valence-electron chi connectivity index (χ4n) is 2.36. The van der Waals surface area contributed by atoms with E-state index in [0.29, 0.717) is 17.7 Å². The molecule has 0 saturated heterocycles. The Hall–Kier alpha value is -2.93. The lowest BCUT2D eigenvalue weighted by atomic mass is 10.1. The molecule has 7 nitrogen and oxygen atoms in total. The zero-order chi connectivity index (χ0) is 17.5. The Balaban J connectivity index is 2.02. The van der Waals surface area contributed by atoms with Crippen molar-refractivity contribution < 1.29 is 14.8 Å². The first kappa shape index (κ1) is 17.4. The van der Waals surface area contributed by atoms with Crippen LogP contribution in [0.1, 0.15) is 11.1 Å². The van der Waals surface area contributed by atoms with Gasteiger partial charge in [0.2, 0.25) is 0 Å². The number of nitrogens with zero attached hydrogens (tertiary/aromatic N) is 1. The van der Waals surface area contributed by atoms with E-state index in [1.54, 1.807) is 13.0 Å². The van der Waals surface area contributed by atoms with Crippen molar-refractivity contribution in [1.82, 2.24) is 5.32 Å². The minimum absolute atomic E-state index is 0.0595. The van der Waals surface area contributed by atoms with Gasteiger partial charge in [0.1, 0.15) is 0 Å². The lowest BCUT2D eigenvalue weighted by Gasteiger charge is -2.17. The van der Waals surface area contributed by atoms with E-state index in [0.717, 1.165) is 5.56 Å². The first-order chi connectivity index (χ1) is 11.5. The second-order valence-corrected chi connectivity index (χ2v) is 5.37. The number of hydrogen-bond donors (Lipinski definition) is 3. The third-order valence-corrected chi connectivity index (χ3v) is 3.63. The lowest BCUT2D eigenvalue weighted by molar-refractivity contribution is -0.385. The topological polar surface area (TPSA) is 104 Å². The van der Waals surface area contributed by atoms with Gasteiger partial charge in [0.05, 0.1) is 28.8 Å². The second-order valence-electron chi connectivity index (χ2n) is 5.37. The summed E-state index contributed by atoms with van der Waals surface area (Å²) < 4.78 is 0. The Morgan fingerprint density at radius 3 is 2.54 bits per heavy atom. The number of nitrogens with one attached hydrogen (secondary N) is 2. The molecule has 0 aliphatic rings. The number of carbonyl (C=O) groups is 1. The Labute approximate surface area is 139 Å². The van der Waals surface area contributed by atoms with Gasteiger partial charge in [-0.05, 0) is 25.0 Å². The molecule has 126 valence electrons. The largest absolute Gasteiger partial charge is 0.394 e. The van der Waals surface area contributed by atoms with Gasteiger partial charge in [-0.25, -0.2) is 4.79 Å². The molecule has 24 heavy (non-hydrogen) atoms. The molecule has 2 rings (SSSR count). The van der Waals surface area contributed by atoms with Crippen LogP contribution in [0, 0.1) is 17.0 Å². The average Bonchev–Trinajstić information content (AvgIpc) is 2.56. The summed E-state index contributed by atoms with van der Waals surface area (Å²) in [4.78, 5) is 22.5. The molecule has 2 amide bonds. The molecule has 0 bridgehead atoms. The van der Waals surface area contributed by atoms with Crippen molar-refractivity contribution >= 4 is 17.4 Å². The number of aliphatic hydroxyl groups excluding tert-OH is 1. The fourth-order valence-corrected chi connectivity index (χ4v) is 2.36. The third-order valence-electron chi connectivity index (χ3n) is 3.63. The van der Waals surface area contributed by atoms with E-state index in [4.69, 9.17) is 0 Å². The number of benzene rings is 2. The predicted molar refractivity (Wildman–Crippen MR) is 91.0 cm³/mol. The highest BCUT2D eigenvalue weighted by Gasteiger charge is 2.16. The van der Waals surface area contributed by atoms with Gasteiger partial charge in [-0.15, -0.1) is 0 Å². The van der Waals surface area contributed by atoms with Crippen LogP contribution in [0.4, 0.5) is 16.2 Å². The summed E-state index contributed by atoms with van der Waals surface area (Å²) in [5.41, 5.74) is 1.67. The summed E-state index contributed by atoms with van der Waals surface area (Å²) in [5.74, 6) is 0. The van der Waals surface area contributed by atoms with Crippen LogP contribution < -0.4 is 10.6 Å². The Bertz CT molecular complexity index is 719. The maximum Gasteiger partial charge on any atom is 0.319 e. The molecular weight excluding hydrogens is 310 g/mol. The summed E-state index contributed by atoms with van der Waals surface area (Å²) >= 11 is 0. The smallest absolute Gasteiger partial charge is 0.319 e. The number of hydrogen-bond acceptors (Lipinski definition) is 4. The first-order valence-electron chi connectivity index (χ1n) is 7.47. The van der Waals surface area contributed by atoms with Crippen molar-refractivity contribution in [1.29, 1.82) is 0 Å². The molecule has 0 saturated carbocycles. The van der Waals surface area contributed by atoms with Crippen molar-refractivity contribution in [3.8, 4) is 0 Å². The van der Waals surface area contributed by atoms with Crippen LogP contribution in [-0.2, 0) is 6.42 Å². The first-order valence-corrected chi connectivity index (χ1v) is 7.47. The average molecular weight is 329 g/mol. The van der Waals surface area contributed by atoms with Crippen LogP contribution in [0.5, 0.6) is 0 Å². The van der Waals surface area contributed by atoms with Gasteiger partial charge in [-0.1, -0.05) is 36.4 Å². The number of nitro benzene ring substituents is 1. The monoisotopic (exact) mass is 329 g/mol. The van der Waals surface area contributed by atoms with Crippen molar-refractivity contribution in [3.63, 3.8) is 0 Å². The molecule has 3 N–H and O–H groups in total. The molecule has 2 aromatic carbocycles. The van der Waals surface area contributed by atoms with Crippen LogP contribution in [-0.4, -0.2) is 28.7 Å². The lowest BCUT2D eigenvalue weighted by Crippen LogP contribution is -2.41. The summed E-state index contributed by atoms with van der Waals surface area (Å²) in [7, 11) is 0. The predicted octanol–water partition coefficient (Wildman–Crippen LogP) is 2.63. The van der Waals surface area contributed by atoms with Gasteiger partial charge in [-0.3, -0.25) is 10.1 Å². The molecule has 0 aliphatic heterocycles. The molecule has 0 spiro atoms. The maximum atomic E-state index is 12.1. The van der Waals surface area contributed by atoms with Crippen LogP contribution >= 0.6 is 0 Å². The summed E-state index contributed by atoms with van der Waals surface area (Å²) in [6, 6.07) is 13.0. The minimum atomic E-state index is -0.520. The summed E-state index contributed by atoms with van der Waals surface area (Å²) in [6.45, 7) is 1.36. The molecule has 0 fully saturated rings. The van der Waals surface area contributed by atoms with Gasteiger partial charge in [-0.2, -0.15) is 0 Å². The summed E-state index contributed by atoms with van der Waals surface area (Å²) in [6.07, 6.45) is 0.485. The zero-order valence-electron chi connectivity index (χ0n) is 13.2. The molecule has 1 atom stereocenters. The normalized spacial score (nSPS) is 11.6. The van der Waals surface area contributed by atoms with E-state index in [1.807, 2.05) is 30.3 Å². The van der Waals surface area contributed by atoms with Crippen molar-refractivity contribution in [2.45, 2.75) is 19.4 Å². The second kappa shape index (κ2) is 8.07. The highest BCUT2D eigenvalue weighted by atomic mass is 16.6. The molecule has 0 radical (unpaired) electrons. The van der Waals surface area contributed by atoms with Crippen LogP contribution in [0.25, 0.3) is 0 Å². The number of amides is 2. The van der Waals surface area contributed by atoms with Crippen LogP contribution in [0.15, 0.2) is 48.5 Å². The van der Waals surface area contributed by atoms with E-state index >= 15 is 0 Å². The van der Waals surface area contributed by atoms with Crippen molar-refractivity contribution in [3.05, 3.63) is 69.8 Å². The van der Waals surface area contributed by atoms with Gasteiger partial charge in [0.25, 0.3) is 5.69 Å². The molecule has 0 aromatic heterocycles. The number of urea groups is 1. The number of nitro groups is 1. The van der Waals surface area contributed by atoms with E-state index in [9.17, 15) is 20.0 Å². The van der Waals surface area contributed by atoms with Crippen molar-refractivity contribution in [2.75, 3.05) is 11.9 Å². The zero-order valence-corrected chi connectivity index (χ0v) is 13.2. The van der Waals surface area contributed by atoms with Gasteiger partial charge in [0, 0.05) is 6.07 Å². The maximum absolute atomic E-state index is 12.1. The standard InChI is InChI=1S/C17H19N3O4/c1-12-15(8-5-9-16(12)20(23)24)19-17(22)18-14(11-21)10-13-6-3-2-4-7-13/h2-9,14,21H,10-11H2,1H3,(H2,18,19,22). The Kier molecular flexibility index (Phi) is 5.86. The highest BCUT2D eigenvalue weighted by Crippen LogP contribution is 2.24. The van der Waals surface area contributed by atoms with E-state index in [-0.39, 0.29) is 12.3 Å². The SMILES string of the molecule is Cc1c(NC(=O)NC(CO)Cc2ccccc2)cccc1[N+](=O)[O-]. The van der Waals surface area contributed by atoms with E-state index < -0.39 is 17.0 Å². The van der Waals surface area contributed by atoms with Crippen LogP contribution in [0.2, 0.25) is 0 Å². The third kappa shape index (κ3) is 4.53. The van der Waals surface area contributed by atoms with Gasteiger partial charge < -0.3 is 15.7 Å². The number of rotatable bonds is 6. The number of aliphatic hydroxyl groups is 1. The number of carbonyl (C=O) groups excluding carboxylic acids is 1. The molecule has 0 aliphatic carbocycles. The van der Waals surface area contributed by atoms with Gasteiger partial charge >= 0.3 is 6.03 Å². The highest BCUT2D eigenvalue weighted by molar-refractivity contribution is 5.91. The number of anilines is 1. The van der Waals surface area contributed by atoms with Crippen molar-refractivity contribution in [2.24, 2.45) is 0 Å².